The van der Waals surface area contributed by atoms with E-state index in [-0.39, 0.29) is 11.2 Å². The summed E-state index contributed by atoms with van der Waals surface area (Å²) in [6.45, 7) is 8.27. The fourth-order valence-corrected chi connectivity index (χ4v) is 3.83. The van der Waals surface area contributed by atoms with Gasteiger partial charge in [-0.25, -0.2) is 0 Å². The molecule has 1 aliphatic rings. The third-order valence-electron chi connectivity index (χ3n) is 6.13. The van der Waals surface area contributed by atoms with E-state index in [1.807, 2.05) is 24.3 Å². The summed E-state index contributed by atoms with van der Waals surface area (Å²) in [5.74, 6) is 0. The summed E-state index contributed by atoms with van der Waals surface area (Å²) in [7, 11) is -0.392. The lowest BCUT2D eigenvalue weighted by atomic mass is 9.79. The molecule has 1 saturated heterocycles. The van der Waals surface area contributed by atoms with Crippen molar-refractivity contribution >= 4 is 34.5 Å². The van der Waals surface area contributed by atoms with E-state index in [2.05, 4.69) is 70.2 Å². The molecule has 28 heavy (non-hydrogen) atoms. The second kappa shape index (κ2) is 5.97. The first-order chi connectivity index (χ1) is 13.4. The molecule has 0 atom stereocenters. The Balaban J connectivity index is 1.64. The van der Waals surface area contributed by atoms with Crippen LogP contribution in [0, 0.1) is 0 Å². The van der Waals surface area contributed by atoms with Gasteiger partial charge >= 0.3 is 7.12 Å². The topological polar surface area (TPSA) is 31.6 Å². The smallest absolute Gasteiger partial charge is 0.456 e. The van der Waals surface area contributed by atoms with Gasteiger partial charge in [-0.15, -0.1) is 0 Å². The van der Waals surface area contributed by atoms with Gasteiger partial charge in [0.25, 0.3) is 0 Å². The Morgan fingerprint density at radius 2 is 1.43 bits per heavy atom. The van der Waals surface area contributed by atoms with Gasteiger partial charge in [0, 0.05) is 10.8 Å². The fraction of sp³-hybridized carbons (Fsp3) is 0.250. The minimum atomic E-state index is -0.392. The fourth-order valence-electron chi connectivity index (χ4n) is 3.83. The van der Waals surface area contributed by atoms with E-state index in [1.54, 1.807) is 0 Å². The van der Waals surface area contributed by atoms with E-state index in [1.165, 1.54) is 11.1 Å². The summed E-state index contributed by atoms with van der Waals surface area (Å²) < 4.78 is 18.6. The van der Waals surface area contributed by atoms with Crippen molar-refractivity contribution in [1.82, 2.24) is 0 Å². The van der Waals surface area contributed by atoms with Gasteiger partial charge in [-0.05, 0) is 56.4 Å². The predicted molar refractivity (Wildman–Crippen MR) is 115 cm³/mol. The third kappa shape index (κ3) is 2.60. The maximum absolute atomic E-state index is 6.21. The van der Waals surface area contributed by atoms with E-state index in [0.717, 1.165) is 27.4 Å². The second-order valence-corrected chi connectivity index (χ2v) is 8.49. The van der Waals surface area contributed by atoms with Gasteiger partial charge in [0.15, 0.2) is 0 Å². The first kappa shape index (κ1) is 17.5. The van der Waals surface area contributed by atoms with Crippen LogP contribution >= 0.6 is 0 Å². The lowest BCUT2D eigenvalue weighted by molar-refractivity contribution is 0.00578. The average molecular weight is 370 g/mol. The monoisotopic (exact) mass is 370 g/mol. The molecule has 1 aromatic heterocycles. The van der Waals surface area contributed by atoms with Crippen LogP contribution in [0.1, 0.15) is 27.7 Å². The minimum absolute atomic E-state index is 0.360. The molecule has 1 fully saturated rings. The van der Waals surface area contributed by atoms with Crippen LogP contribution < -0.4 is 5.46 Å². The van der Waals surface area contributed by atoms with E-state index in [4.69, 9.17) is 13.7 Å². The van der Waals surface area contributed by atoms with E-state index < -0.39 is 7.12 Å². The molecule has 0 aliphatic carbocycles. The van der Waals surface area contributed by atoms with Crippen molar-refractivity contribution in [1.29, 1.82) is 0 Å². The highest BCUT2D eigenvalue weighted by molar-refractivity contribution is 6.62. The quantitative estimate of drug-likeness (QED) is 0.434. The summed E-state index contributed by atoms with van der Waals surface area (Å²) in [6.07, 6.45) is 0. The maximum Gasteiger partial charge on any atom is 0.494 e. The molecule has 0 saturated carbocycles. The van der Waals surface area contributed by atoms with Crippen LogP contribution in [0.3, 0.4) is 0 Å². The first-order valence-electron chi connectivity index (χ1n) is 9.72. The normalized spacial score (nSPS) is 18.2. The van der Waals surface area contributed by atoms with Gasteiger partial charge in [-0.3, -0.25) is 0 Å². The average Bonchev–Trinajstić information content (AvgIpc) is 3.15. The second-order valence-electron chi connectivity index (χ2n) is 8.49. The van der Waals surface area contributed by atoms with Gasteiger partial charge in [-0.2, -0.15) is 0 Å². The van der Waals surface area contributed by atoms with Crippen molar-refractivity contribution in [2.24, 2.45) is 0 Å². The largest absolute Gasteiger partial charge is 0.494 e. The van der Waals surface area contributed by atoms with Gasteiger partial charge in [0.1, 0.15) is 11.2 Å². The van der Waals surface area contributed by atoms with Crippen LogP contribution in [0.25, 0.3) is 33.1 Å². The zero-order chi connectivity index (χ0) is 19.5. The Morgan fingerprint density at radius 1 is 0.714 bits per heavy atom. The molecule has 4 aromatic rings. The Hall–Kier alpha value is -2.56. The molecule has 1 aliphatic heterocycles. The van der Waals surface area contributed by atoms with E-state index in [0.29, 0.717) is 0 Å². The molecule has 0 radical (unpaired) electrons. The maximum atomic E-state index is 6.21. The molecule has 4 heteroatoms. The molecule has 3 nitrogen and oxygen atoms in total. The van der Waals surface area contributed by atoms with Crippen molar-refractivity contribution in [2.45, 2.75) is 38.9 Å². The standard InChI is InChI=1S/C24H23BO3/c1-23(2)24(3,4)28-25(27-23)17-13-14-19-21(15-17)26-20-12-8-11-18(22(19)20)16-9-6-5-7-10-16/h5-15H,1-4H3. The van der Waals surface area contributed by atoms with Crippen LogP contribution in [0.4, 0.5) is 0 Å². The zero-order valence-corrected chi connectivity index (χ0v) is 16.7. The number of hydrogen-bond donors (Lipinski definition) is 0. The molecule has 0 spiro atoms. The molecule has 0 amide bonds. The molecule has 2 heterocycles. The number of furan rings is 1. The highest BCUT2D eigenvalue weighted by atomic mass is 16.7. The molecule has 140 valence electrons. The van der Waals surface area contributed by atoms with Crippen LogP contribution in [-0.2, 0) is 9.31 Å². The predicted octanol–water partition coefficient (Wildman–Crippen LogP) is 5.55. The molecule has 0 unspecified atom stereocenters. The molecule has 3 aromatic carbocycles. The number of benzene rings is 3. The lowest BCUT2D eigenvalue weighted by Crippen LogP contribution is -2.41. The highest BCUT2D eigenvalue weighted by Gasteiger charge is 2.51. The van der Waals surface area contributed by atoms with Crippen LogP contribution in [0.2, 0.25) is 0 Å². The van der Waals surface area contributed by atoms with Crippen LogP contribution in [0.15, 0.2) is 71.1 Å². The van der Waals surface area contributed by atoms with Crippen molar-refractivity contribution in [2.75, 3.05) is 0 Å². The molecular weight excluding hydrogens is 347 g/mol. The van der Waals surface area contributed by atoms with Crippen molar-refractivity contribution in [3.05, 3.63) is 66.7 Å². The summed E-state index contributed by atoms with van der Waals surface area (Å²) in [4.78, 5) is 0. The van der Waals surface area contributed by atoms with E-state index >= 15 is 0 Å². The zero-order valence-electron chi connectivity index (χ0n) is 16.7. The highest BCUT2D eigenvalue weighted by Crippen LogP contribution is 2.38. The molecule has 0 bridgehead atoms. The van der Waals surface area contributed by atoms with Crippen LogP contribution in [0.5, 0.6) is 0 Å². The van der Waals surface area contributed by atoms with E-state index in [9.17, 15) is 0 Å². The van der Waals surface area contributed by atoms with Crippen LogP contribution in [-0.4, -0.2) is 18.3 Å². The summed E-state index contributed by atoms with van der Waals surface area (Å²) in [5, 5.41) is 2.25. The first-order valence-corrected chi connectivity index (χ1v) is 9.72. The molecular formula is C24H23BO3. The third-order valence-corrected chi connectivity index (χ3v) is 6.13. The lowest BCUT2D eigenvalue weighted by Gasteiger charge is -2.32. The molecule has 0 N–H and O–H groups in total. The van der Waals surface area contributed by atoms with Gasteiger partial charge < -0.3 is 13.7 Å². The molecule has 5 rings (SSSR count). The van der Waals surface area contributed by atoms with Crippen molar-refractivity contribution in [3.8, 4) is 11.1 Å². The Bertz CT molecular complexity index is 1160. The van der Waals surface area contributed by atoms with Gasteiger partial charge in [-0.1, -0.05) is 54.6 Å². The summed E-state index contributed by atoms with van der Waals surface area (Å²) >= 11 is 0. The minimum Gasteiger partial charge on any atom is -0.456 e. The number of hydrogen-bond acceptors (Lipinski definition) is 3. The Morgan fingerprint density at radius 3 is 2.14 bits per heavy atom. The van der Waals surface area contributed by atoms with Gasteiger partial charge in [0.2, 0.25) is 0 Å². The summed E-state index contributed by atoms with van der Waals surface area (Å²) in [6, 6.07) is 22.9. The SMILES string of the molecule is CC1(C)OB(c2ccc3c(c2)oc2cccc(-c4ccccc4)c23)OC1(C)C. The number of fused-ring (bicyclic) bond motifs is 3. The Labute approximate surface area is 165 Å². The van der Waals surface area contributed by atoms with Crippen molar-refractivity contribution in [3.63, 3.8) is 0 Å². The number of rotatable bonds is 2. The van der Waals surface area contributed by atoms with Crippen molar-refractivity contribution < 1.29 is 13.7 Å². The summed E-state index contributed by atoms with van der Waals surface area (Å²) in [5.41, 5.74) is 4.37. The Kier molecular flexibility index (Phi) is 3.74. The van der Waals surface area contributed by atoms with Gasteiger partial charge in [0.05, 0.1) is 11.2 Å².